The van der Waals surface area contributed by atoms with E-state index in [2.05, 4.69) is 22.6 Å². The van der Waals surface area contributed by atoms with Gasteiger partial charge >= 0.3 is 0 Å². The van der Waals surface area contributed by atoms with E-state index in [1.165, 1.54) is 24.0 Å². The van der Waals surface area contributed by atoms with Crippen LogP contribution in [0.1, 0.15) is 24.5 Å². The molecule has 0 radical (unpaired) electrons. The third-order valence-corrected chi connectivity index (χ3v) is 3.04. The van der Waals surface area contributed by atoms with Gasteiger partial charge in [-0.2, -0.15) is 0 Å². The van der Waals surface area contributed by atoms with E-state index in [4.69, 9.17) is 10.9 Å². The lowest BCUT2D eigenvalue weighted by molar-refractivity contribution is 0.316. The van der Waals surface area contributed by atoms with Crippen LogP contribution in [0.3, 0.4) is 0 Å². The van der Waals surface area contributed by atoms with Gasteiger partial charge in [0.05, 0.1) is 6.04 Å². The van der Waals surface area contributed by atoms with Gasteiger partial charge in [0.1, 0.15) is 0 Å². The zero-order valence-electron chi connectivity index (χ0n) is 9.40. The molecule has 0 heterocycles. The van der Waals surface area contributed by atoms with Gasteiger partial charge in [0.25, 0.3) is 0 Å². The Morgan fingerprint density at radius 1 is 1.44 bits per heavy atom. The van der Waals surface area contributed by atoms with Gasteiger partial charge in [-0.05, 0) is 49.4 Å². The minimum Gasteiger partial charge on any atom is -0.409 e. The lowest BCUT2D eigenvalue weighted by Gasteiger charge is -2.14. The molecule has 1 atom stereocenters. The van der Waals surface area contributed by atoms with Gasteiger partial charge in [0.2, 0.25) is 0 Å². The van der Waals surface area contributed by atoms with Crippen LogP contribution >= 0.6 is 0 Å². The summed E-state index contributed by atoms with van der Waals surface area (Å²) in [4.78, 5) is 0. The fraction of sp³-hybridized carbons (Fsp3) is 0.417. The number of hydrogen-bond acceptors (Lipinski definition) is 3. The number of nitrogens with zero attached hydrogens (tertiary/aromatic N) is 1. The number of rotatable bonds is 3. The Kier molecular flexibility index (Phi) is 2.99. The van der Waals surface area contributed by atoms with Crippen LogP contribution in [0.4, 0.5) is 5.69 Å². The Morgan fingerprint density at radius 2 is 2.19 bits per heavy atom. The first kappa shape index (κ1) is 10.8. The summed E-state index contributed by atoms with van der Waals surface area (Å²) in [5.74, 6) is 0.195. The van der Waals surface area contributed by atoms with Crippen LogP contribution in [0, 0.1) is 0 Å². The van der Waals surface area contributed by atoms with Crippen molar-refractivity contribution in [3.63, 3.8) is 0 Å². The molecule has 4 heteroatoms. The molecule has 0 aromatic heterocycles. The molecule has 0 saturated heterocycles. The third kappa shape index (κ3) is 2.10. The lowest BCUT2D eigenvalue weighted by atomic mass is 10.1. The van der Waals surface area contributed by atoms with E-state index in [1.807, 2.05) is 13.0 Å². The number of benzene rings is 1. The summed E-state index contributed by atoms with van der Waals surface area (Å²) >= 11 is 0. The maximum Gasteiger partial charge on any atom is 0.161 e. The molecule has 4 N–H and O–H groups in total. The van der Waals surface area contributed by atoms with E-state index in [1.54, 1.807) is 0 Å². The number of aryl methyl sites for hydroxylation is 2. The Balaban J connectivity index is 2.11. The summed E-state index contributed by atoms with van der Waals surface area (Å²) in [6, 6.07) is 6.20. The number of hydrogen-bond donors (Lipinski definition) is 3. The maximum atomic E-state index is 8.56. The number of nitrogens with two attached hydrogens (primary N) is 1. The van der Waals surface area contributed by atoms with Gasteiger partial charge in [-0.25, -0.2) is 0 Å². The maximum absolute atomic E-state index is 8.56. The van der Waals surface area contributed by atoms with Crippen molar-refractivity contribution < 1.29 is 5.21 Å². The van der Waals surface area contributed by atoms with Gasteiger partial charge in [-0.3, -0.25) is 0 Å². The summed E-state index contributed by atoms with van der Waals surface area (Å²) in [6.45, 7) is 1.86. The molecular weight excluding hydrogens is 202 g/mol. The molecule has 1 aromatic rings. The quantitative estimate of drug-likeness (QED) is 0.314. The molecule has 0 spiro atoms. The standard InChI is InChI=1S/C12H17N3O/c1-8(12(13)15-16)14-11-6-5-9-3-2-4-10(9)7-11/h5-8,14,16H,2-4H2,1H3,(H2,13,15). The van der Waals surface area contributed by atoms with Crippen LogP contribution in [0.2, 0.25) is 0 Å². The van der Waals surface area contributed by atoms with Crippen molar-refractivity contribution >= 4 is 11.5 Å². The van der Waals surface area contributed by atoms with Crippen LogP contribution in [0.15, 0.2) is 23.4 Å². The fourth-order valence-corrected chi connectivity index (χ4v) is 2.07. The Hall–Kier alpha value is -1.71. The van der Waals surface area contributed by atoms with Crippen molar-refractivity contribution in [2.24, 2.45) is 10.9 Å². The molecule has 1 aliphatic rings. The highest BCUT2D eigenvalue weighted by Gasteiger charge is 2.12. The van der Waals surface area contributed by atoms with E-state index in [0.29, 0.717) is 0 Å². The monoisotopic (exact) mass is 219 g/mol. The van der Waals surface area contributed by atoms with Gasteiger partial charge < -0.3 is 16.3 Å². The van der Waals surface area contributed by atoms with Crippen molar-refractivity contribution in [3.05, 3.63) is 29.3 Å². The van der Waals surface area contributed by atoms with Gasteiger partial charge in [-0.15, -0.1) is 0 Å². The van der Waals surface area contributed by atoms with Crippen LogP contribution in [0.25, 0.3) is 0 Å². The van der Waals surface area contributed by atoms with E-state index < -0.39 is 0 Å². The van der Waals surface area contributed by atoms with Gasteiger partial charge in [0, 0.05) is 5.69 Å². The summed E-state index contributed by atoms with van der Waals surface area (Å²) in [6.07, 6.45) is 3.59. The van der Waals surface area contributed by atoms with Gasteiger partial charge in [0.15, 0.2) is 5.84 Å². The summed E-state index contributed by atoms with van der Waals surface area (Å²) < 4.78 is 0. The van der Waals surface area contributed by atoms with Crippen LogP contribution in [-0.4, -0.2) is 17.1 Å². The fourth-order valence-electron chi connectivity index (χ4n) is 2.07. The summed E-state index contributed by atoms with van der Waals surface area (Å²) in [7, 11) is 0. The van der Waals surface area contributed by atoms with Crippen molar-refractivity contribution in [2.75, 3.05) is 5.32 Å². The largest absolute Gasteiger partial charge is 0.409 e. The minimum absolute atomic E-state index is 0.163. The van der Waals surface area contributed by atoms with E-state index in [9.17, 15) is 0 Å². The second kappa shape index (κ2) is 4.43. The third-order valence-electron chi connectivity index (χ3n) is 3.04. The normalized spacial score (nSPS) is 16.9. The first-order valence-electron chi connectivity index (χ1n) is 5.56. The zero-order valence-corrected chi connectivity index (χ0v) is 9.40. The second-order valence-corrected chi connectivity index (χ2v) is 4.23. The van der Waals surface area contributed by atoms with Crippen LogP contribution in [-0.2, 0) is 12.8 Å². The molecule has 2 rings (SSSR count). The molecule has 0 bridgehead atoms. The van der Waals surface area contributed by atoms with Crippen molar-refractivity contribution in [3.8, 4) is 0 Å². The lowest BCUT2D eigenvalue weighted by Crippen LogP contribution is -2.32. The topological polar surface area (TPSA) is 70.6 Å². The predicted molar refractivity (Wildman–Crippen MR) is 65.0 cm³/mol. The molecule has 1 aromatic carbocycles. The predicted octanol–water partition coefficient (Wildman–Crippen LogP) is 1.72. The molecule has 0 amide bonds. The average Bonchev–Trinajstić information content (AvgIpc) is 2.75. The van der Waals surface area contributed by atoms with E-state index in [0.717, 1.165) is 12.1 Å². The van der Waals surface area contributed by atoms with Gasteiger partial charge in [-0.1, -0.05) is 11.2 Å². The summed E-state index contributed by atoms with van der Waals surface area (Å²) in [5.41, 5.74) is 9.40. The molecule has 4 nitrogen and oxygen atoms in total. The molecule has 0 fully saturated rings. The number of amidine groups is 1. The highest BCUT2D eigenvalue weighted by atomic mass is 16.4. The first-order chi connectivity index (χ1) is 7.70. The Morgan fingerprint density at radius 3 is 2.94 bits per heavy atom. The first-order valence-corrected chi connectivity index (χ1v) is 5.56. The minimum atomic E-state index is -0.163. The Labute approximate surface area is 95.1 Å². The molecule has 1 unspecified atom stereocenters. The number of oxime groups is 1. The smallest absolute Gasteiger partial charge is 0.161 e. The van der Waals surface area contributed by atoms with E-state index in [-0.39, 0.29) is 11.9 Å². The molecule has 86 valence electrons. The highest BCUT2D eigenvalue weighted by molar-refractivity contribution is 5.87. The molecule has 16 heavy (non-hydrogen) atoms. The molecule has 1 aliphatic carbocycles. The molecule has 0 aliphatic heterocycles. The number of fused-ring (bicyclic) bond motifs is 1. The second-order valence-electron chi connectivity index (χ2n) is 4.23. The highest BCUT2D eigenvalue weighted by Crippen LogP contribution is 2.25. The average molecular weight is 219 g/mol. The SMILES string of the molecule is CC(Nc1ccc2c(c1)CCC2)C(N)=NO. The zero-order chi connectivity index (χ0) is 11.5. The molecule has 0 saturated carbocycles. The number of anilines is 1. The summed E-state index contributed by atoms with van der Waals surface area (Å²) in [5, 5.41) is 14.8. The van der Waals surface area contributed by atoms with Crippen molar-refractivity contribution in [2.45, 2.75) is 32.2 Å². The van der Waals surface area contributed by atoms with Crippen molar-refractivity contribution in [1.82, 2.24) is 0 Å². The molecular formula is C12H17N3O. The van der Waals surface area contributed by atoms with Crippen molar-refractivity contribution in [1.29, 1.82) is 0 Å². The van der Waals surface area contributed by atoms with E-state index >= 15 is 0 Å². The van der Waals surface area contributed by atoms with Crippen LogP contribution < -0.4 is 11.1 Å². The number of nitrogens with one attached hydrogen (secondary N) is 1. The van der Waals surface area contributed by atoms with Crippen LogP contribution in [0.5, 0.6) is 0 Å². The Bertz CT molecular complexity index is 415.